The number of benzene rings is 4. The van der Waals surface area contributed by atoms with Crippen molar-refractivity contribution in [2.24, 2.45) is 0 Å². The molecule has 326 valence electrons. The highest BCUT2D eigenvalue weighted by Crippen LogP contribution is 2.36. The number of carbonyl (C=O) groups is 4. The number of carbonyl (C=O) groups excluding carboxylic acids is 1. The third kappa shape index (κ3) is 12.7. The lowest BCUT2D eigenvalue weighted by atomic mass is 9.88. The Hall–Kier alpha value is -4.57. The molecule has 0 aliphatic carbocycles. The Labute approximate surface area is 370 Å². The van der Waals surface area contributed by atoms with E-state index in [0.717, 1.165) is 60.3 Å². The van der Waals surface area contributed by atoms with Gasteiger partial charge in [0, 0.05) is 31.1 Å². The summed E-state index contributed by atoms with van der Waals surface area (Å²) in [5, 5.41) is 46.0. The van der Waals surface area contributed by atoms with Crippen LogP contribution in [0, 0.1) is 11.3 Å². The van der Waals surface area contributed by atoms with Crippen LogP contribution in [0.2, 0.25) is 10.0 Å². The zero-order valence-electron chi connectivity index (χ0n) is 33.9. The molecule has 0 bridgehead atoms. The van der Waals surface area contributed by atoms with Crippen LogP contribution in [0.1, 0.15) is 71.0 Å². The maximum atomic E-state index is 14.2. The molecule has 3 atom stereocenters. The fourth-order valence-corrected chi connectivity index (χ4v) is 9.46. The summed E-state index contributed by atoms with van der Waals surface area (Å²) in [5.41, 5.74) is -0.0957. The summed E-state index contributed by atoms with van der Waals surface area (Å²) in [6.07, 6.45) is 3.59. The number of fused-ring (bicyclic) bond motifs is 1. The fourth-order valence-electron chi connectivity index (χ4n) is 7.40. The van der Waals surface area contributed by atoms with Gasteiger partial charge in [0.1, 0.15) is 35.5 Å². The van der Waals surface area contributed by atoms with Crippen molar-refractivity contribution < 1.29 is 53.4 Å². The first-order valence-corrected chi connectivity index (χ1v) is 22.8. The third-order valence-corrected chi connectivity index (χ3v) is 13.2. The second-order valence-electron chi connectivity index (χ2n) is 14.7. The first-order chi connectivity index (χ1) is 28.8. The average molecular weight is 917 g/mol. The number of nitriles is 1. The number of aliphatic hydroxyl groups is 1. The molecule has 14 nitrogen and oxygen atoms in total. The van der Waals surface area contributed by atoms with E-state index in [1.54, 1.807) is 37.4 Å². The summed E-state index contributed by atoms with van der Waals surface area (Å²) in [5.74, 6) is -4.35. The summed E-state index contributed by atoms with van der Waals surface area (Å²) in [6.45, 7) is 2.99. The first kappa shape index (κ1) is 49.1. The standard InChI is InChI=1S/C37H39Cl2N3O4S2.C6H8O7/c1-41(37(43)35-31-8-6-5-7-26(31)19-28(22-40)36(35)48(4)45)23-27(25-9-12-32(38)33(39)20-25)15-18-42-16-13-24(14-17-42)30-11-10-29(46-2)21-34(30)47(3)44;7-3(8)1-6(13,5(11)12)2-4(9)10/h5-12,19-21,24,27H,13-18,23H2,1-4H3;13H,1-2H2,(H,7,8)(H,9,10)(H,11,12)/t27?,47-,48?;/m0./s1. The molecule has 61 heavy (non-hydrogen) atoms. The number of hydrogen-bond acceptors (Lipinski definition) is 10. The molecule has 2 unspecified atom stereocenters. The topological polar surface area (TPSA) is 235 Å². The zero-order valence-corrected chi connectivity index (χ0v) is 37.1. The van der Waals surface area contributed by atoms with Crippen LogP contribution in [0.25, 0.3) is 10.8 Å². The largest absolute Gasteiger partial charge is 0.612 e. The quantitative estimate of drug-likeness (QED) is 0.0895. The number of likely N-dealkylation sites (tertiary alicyclic amines) is 1. The molecular weight excluding hydrogens is 870 g/mol. The second-order valence-corrected chi connectivity index (χ2v) is 18.2. The van der Waals surface area contributed by atoms with Gasteiger partial charge in [-0.05, 0) is 108 Å². The van der Waals surface area contributed by atoms with Gasteiger partial charge in [0.05, 0.1) is 30.0 Å². The summed E-state index contributed by atoms with van der Waals surface area (Å²) in [6, 6.07) is 22.7. The van der Waals surface area contributed by atoms with Gasteiger partial charge in [0.15, 0.2) is 15.4 Å². The molecule has 4 N–H and O–H groups in total. The van der Waals surface area contributed by atoms with E-state index in [9.17, 15) is 33.5 Å². The van der Waals surface area contributed by atoms with Gasteiger partial charge in [-0.2, -0.15) is 5.26 Å². The molecule has 0 aromatic heterocycles. The minimum absolute atomic E-state index is 0.0665. The maximum absolute atomic E-state index is 14.2. The van der Waals surface area contributed by atoms with Crippen LogP contribution in [0.3, 0.4) is 0 Å². The van der Waals surface area contributed by atoms with Crippen LogP contribution in [-0.4, -0.2) is 122 Å². The van der Waals surface area contributed by atoms with Crippen molar-refractivity contribution in [1.29, 1.82) is 5.26 Å². The number of carboxylic acids is 3. The Morgan fingerprint density at radius 3 is 2.13 bits per heavy atom. The number of ether oxygens (including phenoxy) is 1. The average Bonchev–Trinajstić information content (AvgIpc) is 3.21. The lowest BCUT2D eigenvalue weighted by Crippen LogP contribution is -2.42. The number of likely N-dealkylation sites (N-methyl/N-ethyl adjacent to an activating group) is 1. The van der Waals surface area contributed by atoms with Gasteiger partial charge in [-0.3, -0.25) is 14.4 Å². The normalized spacial score (nSPS) is 14.8. The van der Waals surface area contributed by atoms with Gasteiger partial charge < -0.3 is 44.1 Å². The van der Waals surface area contributed by atoms with Crippen molar-refractivity contribution in [1.82, 2.24) is 9.80 Å². The Kier molecular flexibility index (Phi) is 17.7. The minimum Gasteiger partial charge on any atom is -0.612 e. The van der Waals surface area contributed by atoms with Crippen molar-refractivity contribution >= 4 is 80.1 Å². The highest BCUT2D eigenvalue weighted by molar-refractivity contribution is 7.91. The second kappa shape index (κ2) is 22.0. The SMILES string of the molecule is COc1ccc(C2CCN(CCC(CN(C)C(=O)c3c([S+](C)[O-])c(C#N)cc4ccccc34)c3ccc(Cl)c(Cl)c3)CC2)c([S@+](C)[O-])c1.O=C(O)CC(O)(CC(=O)O)C(=O)O. The molecule has 0 spiro atoms. The number of rotatable bonds is 16. The molecule has 4 aromatic carbocycles. The summed E-state index contributed by atoms with van der Waals surface area (Å²) in [7, 11) is 3.37. The van der Waals surface area contributed by atoms with Gasteiger partial charge >= 0.3 is 17.9 Å². The number of carboxylic acid groups (broad SMARTS) is 3. The summed E-state index contributed by atoms with van der Waals surface area (Å²) < 4.78 is 30.9. The molecule has 1 aliphatic rings. The molecule has 0 radical (unpaired) electrons. The molecular formula is C43H47Cl2N3O11S2. The number of piperidine rings is 1. The van der Waals surface area contributed by atoms with Gasteiger partial charge in [-0.25, -0.2) is 4.79 Å². The highest BCUT2D eigenvalue weighted by atomic mass is 35.5. The number of amides is 1. The predicted molar refractivity (Wildman–Crippen MR) is 233 cm³/mol. The molecule has 1 amide bonds. The molecule has 18 heteroatoms. The van der Waals surface area contributed by atoms with E-state index in [1.807, 2.05) is 48.5 Å². The maximum Gasteiger partial charge on any atom is 0.336 e. The number of methoxy groups -OCH3 is 1. The van der Waals surface area contributed by atoms with E-state index in [1.165, 1.54) is 6.26 Å². The number of halogens is 2. The van der Waals surface area contributed by atoms with E-state index in [0.29, 0.717) is 39.2 Å². The lowest BCUT2D eigenvalue weighted by molar-refractivity contribution is -0.170. The Balaban J connectivity index is 0.000000544. The van der Waals surface area contributed by atoms with Gasteiger partial charge in [-0.1, -0.05) is 59.6 Å². The monoisotopic (exact) mass is 915 g/mol. The molecule has 5 rings (SSSR count). The van der Waals surface area contributed by atoms with E-state index in [2.05, 4.69) is 17.0 Å². The van der Waals surface area contributed by atoms with Gasteiger partial charge in [0.2, 0.25) is 0 Å². The van der Waals surface area contributed by atoms with Crippen LogP contribution in [0.5, 0.6) is 5.75 Å². The molecule has 1 fully saturated rings. The van der Waals surface area contributed by atoms with Crippen LogP contribution >= 0.6 is 23.2 Å². The molecule has 0 saturated carbocycles. The Morgan fingerprint density at radius 2 is 1.59 bits per heavy atom. The molecule has 4 aromatic rings. The number of nitrogens with zero attached hydrogens (tertiary/aromatic N) is 3. The first-order valence-electron chi connectivity index (χ1n) is 18.9. The van der Waals surface area contributed by atoms with Crippen molar-refractivity contribution in [2.75, 3.05) is 52.8 Å². The number of aliphatic carboxylic acids is 3. The van der Waals surface area contributed by atoms with Gasteiger partial charge in [0.25, 0.3) is 5.91 Å². The van der Waals surface area contributed by atoms with Crippen LogP contribution in [-0.2, 0) is 36.7 Å². The zero-order chi connectivity index (χ0) is 45.2. The van der Waals surface area contributed by atoms with Crippen LogP contribution in [0.4, 0.5) is 0 Å². The van der Waals surface area contributed by atoms with Crippen LogP contribution in [0.15, 0.2) is 76.5 Å². The predicted octanol–water partition coefficient (Wildman–Crippen LogP) is 6.38. The fraction of sp³-hybridized carbons (Fsp3) is 0.372. The van der Waals surface area contributed by atoms with E-state index >= 15 is 0 Å². The van der Waals surface area contributed by atoms with Crippen molar-refractivity contribution in [3.8, 4) is 11.8 Å². The summed E-state index contributed by atoms with van der Waals surface area (Å²) >= 11 is 10.1. The lowest BCUT2D eigenvalue weighted by Gasteiger charge is -2.34. The van der Waals surface area contributed by atoms with Crippen molar-refractivity contribution in [3.05, 3.63) is 99.0 Å². The molecule has 1 heterocycles. The third-order valence-electron chi connectivity index (χ3n) is 10.5. The van der Waals surface area contributed by atoms with Crippen molar-refractivity contribution in [2.45, 2.75) is 59.3 Å². The Morgan fingerprint density at radius 1 is 0.951 bits per heavy atom. The Bertz CT molecular complexity index is 2260. The smallest absolute Gasteiger partial charge is 0.336 e. The van der Waals surface area contributed by atoms with E-state index in [4.69, 9.17) is 48.4 Å². The summed E-state index contributed by atoms with van der Waals surface area (Å²) in [4.78, 5) is 49.9. The van der Waals surface area contributed by atoms with E-state index < -0.39 is 58.7 Å². The molecule has 1 aliphatic heterocycles. The van der Waals surface area contributed by atoms with Crippen molar-refractivity contribution in [3.63, 3.8) is 0 Å². The highest BCUT2D eigenvalue weighted by Gasteiger charge is 2.41. The van der Waals surface area contributed by atoms with Gasteiger partial charge in [-0.15, -0.1) is 0 Å². The van der Waals surface area contributed by atoms with E-state index in [-0.39, 0.29) is 22.3 Å². The molecule has 1 saturated heterocycles. The van der Waals surface area contributed by atoms with Crippen LogP contribution < -0.4 is 4.74 Å². The minimum atomic E-state index is -2.74. The number of hydrogen-bond donors (Lipinski definition) is 4.